The number of hydrogen-bond donors (Lipinski definition) is 1. The SMILES string of the molecule is CCN(Cc1nonc1C)C(=O)Nc1cc(C)ccc1C. The molecule has 0 radical (unpaired) electrons. The van der Waals surface area contributed by atoms with E-state index in [-0.39, 0.29) is 6.03 Å². The minimum atomic E-state index is -0.159. The lowest BCUT2D eigenvalue weighted by molar-refractivity contribution is 0.210. The van der Waals surface area contributed by atoms with Crippen LogP contribution in [0, 0.1) is 20.8 Å². The summed E-state index contributed by atoms with van der Waals surface area (Å²) >= 11 is 0. The van der Waals surface area contributed by atoms with E-state index in [0.717, 1.165) is 16.8 Å². The molecule has 0 bridgehead atoms. The van der Waals surface area contributed by atoms with Gasteiger partial charge in [-0.25, -0.2) is 9.42 Å². The van der Waals surface area contributed by atoms with Gasteiger partial charge in [-0.15, -0.1) is 0 Å². The molecule has 0 aliphatic rings. The Hall–Kier alpha value is -2.37. The molecule has 6 heteroatoms. The number of carbonyl (C=O) groups is 1. The molecule has 112 valence electrons. The highest BCUT2D eigenvalue weighted by Crippen LogP contribution is 2.17. The van der Waals surface area contributed by atoms with Gasteiger partial charge in [0, 0.05) is 12.2 Å². The van der Waals surface area contributed by atoms with Crippen molar-refractivity contribution >= 4 is 11.7 Å². The maximum absolute atomic E-state index is 12.4. The Morgan fingerprint density at radius 3 is 2.67 bits per heavy atom. The summed E-state index contributed by atoms with van der Waals surface area (Å²) in [6.45, 7) is 8.65. The summed E-state index contributed by atoms with van der Waals surface area (Å²) in [7, 11) is 0. The number of nitrogens with one attached hydrogen (secondary N) is 1. The van der Waals surface area contributed by atoms with Crippen LogP contribution in [0.5, 0.6) is 0 Å². The normalized spacial score (nSPS) is 10.5. The van der Waals surface area contributed by atoms with Gasteiger partial charge < -0.3 is 10.2 Å². The van der Waals surface area contributed by atoms with Crippen molar-refractivity contribution in [3.63, 3.8) is 0 Å². The molecule has 1 heterocycles. The molecule has 1 aromatic carbocycles. The van der Waals surface area contributed by atoms with E-state index in [1.54, 1.807) is 4.90 Å². The number of urea groups is 1. The fourth-order valence-electron chi connectivity index (χ4n) is 1.97. The van der Waals surface area contributed by atoms with Crippen LogP contribution in [0.1, 0.15) is 29.4 Å². The van der Waals surface area contributed by atoms with Gasteiger partial charge in [-0.1, -0.05) is 22.4 Å². The molecule has 6 nitrogen and oxygen atoms in total. The Labute approximate surface area is 124 Å². The van der Waals surface area contributed by atoms with Crippen molar-refractivity contribution in [2.45, 2.75) is 34.2 Å². The van der Waals surface area contributed by atoms with E-state index in [2.05, 4.69) is 20.3 Å². The molecule has 0 aliphatic heterocycles. The first-order valence-electron chi connectivity index (χ1n) is 6.92. The van der Waals surface area contributed by atoms with Crippen LogP contribution in [-0.4, -0.2) is 27.8 Å². The molecule has 0 fully saturated rings. The number of hydrogen-bond acceptors (Lipinski definition) is 4. The maximum Gasteiger partial charge on any atom is 0.322 e. The van der Waals surface area contributed by atoms with Gasteiger partial charge in [0.25, 0.3) is 0 Å². The summed E-state index contributed by atoms with van der Waals surface area (Å²) in [5, 5.41) is 10.5. The van der Waals surface area contributed by atoms with Crippen molar-refractivity contribution in [3.05, 3.63) is 40.7 Å². The van der Waals surface area contributed by atoms with E-state index >= 15 is 0 Å². The fraction of sp³-hybridized carbons (Fsp3) is 0.400. The van der Waals surface area contributed by atoms with Crippen molar-refractivity contribution in [2.24, 2.45) is 0 Å². The smallest absolute Gasteiger partial charge is 0.319 e. The van der Waals surface area contributed by atoms with E-state index in [4.69, 9.17) is 0 Å². The predicted octanol–water partition coefficient (Wildman–Crippen LogP) is 3.05. The number of nitrogens with zero attached hydrogens (tertiary/aromatic N) is 3. The van der Waals surface area contributed by atoms with Gasteiger partial charge in [-0.3, -0.25) is 0 Å². The number of amides is 2. The van der Waals surface area contributed by atoms with Crippen LogP contribution >= 0.6 is 0 Å². The lowest BCUT2D eigenvalue weighted by Gasteiger charge is -2.21. The monoisotopic (exact) mass is 288 g/mol. The second-order valence-electron chi connectivity index (χ2n) is 5.06. The first kappa shape index (κ1) is 15.0. The Balaban J connectivity index is 2.10. The van der Waals surface area contributed by atoms with Crippen molar-refractivity contribution in [1.29, 1.82) is 0 Å². The van der Waals surface area contributed by atoms with Gasteiger partial charge in [-0.2, -0.15) is 0 Å². The molecule has 0 aliphatic carbocycles. The van der Waals surface area contributed by atoms with Gasteiger partial charge >= 0.3 is 6.03 Å². The third kappa shape index (κ3) is 3.59. The maximum atomic E-state index is 12.4. The van der Waals surface area contributed by atoms with E-state index in [1.807, 2.05) is 45.9 Å². The van der Waals surface area contributed by atoms with Crippen LogP contribution < -0.4 is 5.32 Å². The van der Waals surface area contributed by atoms with Crippen LogP contribution in [0.15, 0.2) is 22.8 Å². The third-order valence-electron chi connectivity index (χ3n) is 3.39. The number of benzene rings is 1. The molecule has 2 amide bonds. The Morgan fingerprint density at radius 2 is 2.05 bits per heavy atom. The van der Waals surface area contributed by atoms with Crippen molar-refractivity contribution < 1.29 is 9.42 Å². The highest BCUT2D eigenvalue weighted by Gasteiger charge is 2.16. The van der Waals surface area contributed by atoms with Gasteiger partial charge in [0.15, 0.2) is 0 Å². The third-order valence-corrected chi connectivity index (χ3v) is 3.39. The van der Waals surface area contributed by atoms with Crippen molar-refractivity contribution in [3.8, 4) is 0 Å². The molecule has 0 atom stereocenters. The Kier molecular flexibility index (Phi) is 4.57. The minimum Gasteiger partial charge on any atom is -0.319 e. The highest BCUT2D eigenvalue weighted by atomic mass is 16.6. The van der Waals surface area contributed by atoms with Crippen LogP contribution in [0.4, 0.5) is 10.5 Å². The summed E-state index contributed by atoms with van der Waals surface area (Å²) in [5.74, 6) is 0. The van der Waals surface area contributed by atoms with E-state index < -0.39 is 0 Å². The number of aromatic nitrogens is 2. The fourth-order valence-corrected chi connectivity index (χ4v) is 1.97. The van der Waals surface area contributed by atoms with Gasteiger partial charge in [0.2, 0.25) is 0 Å². The molecular formula is C15H20N4O2. The molecule has 1 aromatic heterocycles. The minimum absolute atomic E-state index is 0.159. The molecule has 0 saturated carbocycles. The first-order valence-corrected chi connectivity index (χ1v) is 6.92. The molecule has 0 saturated heterocycles. The number of anilines is 1. The van der Waals surface area contributed by atoms with Gasteiger partial charge in [0.1, 0.15) is 11.4 Å². The standard InChI is InChI=1S/C15H20N4O2/c1-5-19(9-14-12(4)17-21-18-14)15(20)16-13-8-10(2)6-7-11(13)3/h6-8H,5,9H2,1-4H3,(H,16,20). The molecule has 0 spiro atoms. The van der Waals surface area contributed by atoms with Gasteiger partial charge in [-0.05, 0) is 44.9 Å². The van der Waals surface area contributed by atoms with E-state index in [1.165, 1.54) is 0 Å². The lowest BCUT2D eigenvalue weighted by Crippen LogP contribution is -2.34. The molecule has 1 N–H and O–H groups in total. The van der Waals surface area contributed by atoms with Crippen molar-refractivity contribution in [2.75, 3.05) is 11.9 Å². The van der Waals surface area contributed by atoms with E-state index in [9.17, 15) is 4.79 Å². The molecular weight excluding hydrogens is 268 g/mol. The second kappa shape index (κ2) is 6.39. The quantitative estimate of drug-likeness (QED) is 0.938. The van der Waals surface area contributed by atoms with Crippen molar-refractivity contribution in [1.82, 2.24) is 15.2 Å². The zero-order valence-corrected chi connectivity index (χ0v) is 12.8. The Bertz CT molecular complexity index is 636. The summed E-state index contributed by atoms with van der Waals surface area (Å²) in [6, 6.07) is 5.82. The van der Waals surface area contributed by atoms with Crippen LogP contribution in [0.25, 0.3) is 0 Å². The molecule has 0 unspecified atom stereocenters. The summed E-state index contributed by atoms with van der Waals surface area (Å²) < 4.78 is 4.67. The number of rotatable bonds is 4. The average Bonchev–Trinajstić information content (AvgIpc) is 2.85. The summed E-state index contributed by atoms with van der Waals surface area (Å²) in [4.78, 5) is 14.0. The molecule has 2 rings (SSSR count). The first-order chi connectivity index (χ1) is 10.0. The zero-order chi connectivity index (χ0) is 15.4. The summed E-state index contributed by atoms with van der Waals surface area (Å²) in [5.41, 5.74) is 4.34. The number of aryl methyl sites for hydroxylation is 3. The second-order valence-corrected chi connectivity index (χ2v) is 5.06. The predicted molar refractivity (Wildman–Crippen MR) is 80.1 cm³/mol. The Morgan fingerprint density at radius 1 is 1.29 bits per heavy atom. The average molecular weight is 288 g/mol. The van der Waals surface area contributed by atoms with Crippen LogP contribution in [0.2, 0.25) is 0 Å². The number of carbonyl (C=O) groups excluding carboxylic acids is 1. The topological polar surface area (TPSA) is 71.3 Å². The largest absolute Gasteiger partial charge is 0.322 e. The molecule has 2 aromatic rings. The van der Waals surface area contributed by atoms with Gasteiger partial charge in [0.05, 0.1) is 6.54 Å². The van der Waals surface area contributed by atoms with Crippen LogP contribution in [-0.2, 0) is 6.54 Å². The molecule has 21 heavy (non-hydrogen) atoms. The highest BCUT2D eigenvalue weighted by molar-refractivity contribution is 5.90. The lowest BCUT2D eigenvalue weighted by atomic mass is 10.1. The van der Waals surface area contributed by atoms with Crippen LogP contribution in [0.3, 0.4) is 0 Å². The van der Waals surface area contributed by atoms with E-state index in [0.29, 0.717) is 24.5 Å². The summed E-state index contributed by atoms with van der Waals surface area (Å²) in [6.07, 6.45) is 0. The zero-order valence-electron chi connectivity index (χ0n) is 12.8.